The molecule has 0 radical (unpaired) electrons. The van der Waals surface area contributed by atoms with E-state index in [-0.39, 0.29) is 21.8 Å². The Bertz CT molecular complexity index is 1420. The van der Waals surface area contributed by atoms with Crippen molar-refractivity contribution < 1.29 is 33.9 Å². The molecule has 1 amide bonds. The van der Waals surface area contributed by atoms with Gasteiger partial charge in [0.2, 0.25) is 0 Å². The number of nitro benzene ring substituents is 1. The van der Waals surface area contributed by atoms with Crippen LogP contribution in [0.5, 0.6) is 11.5 Å². The summed E-state index contributed by atoms with van der Waals surface area (Å²) in [6.45, 7) is 2.06. The number of rotatable bonds is 6. The summed E-state index contributed by atoms with van der Waals surface area (Å²) in [4.78, 5) is 38.0. The molecule has 1 aliphatic heterocycles. The largest absolute Gasteiger partial charge is 0.507 e. The molecule has 2 N–H and O–H groups in total. The maximum Gasteiger partial charge on any atom is 0.311 e. The van der Waals surface area contributed by atoms with E-state index in [1.165, 1.54) is 30.3 Å². The van der Waals surface area contributed by atoms with Crippen LogP contribution in [0.15, 0.2) is 66.2 Å². The molecule has 9 nitrogen and oxygen atoms in total. The molecule has 0 aliphatic carbocycles. The molecule has 1 saturated heterocycles. The number of nitro groups is 1. The van der Waals surface area contributed by atoms with E-state index in [0.29, 0.717) is 12.4 Å². The normalized spacial score (nSPS) is 16.9. The summed E-state index contributed by atoms with van der Waals surface area (Å²) in [5.74, 6) is -3.66. The van der Waals surface area contributed by atoms with Gasteiger partial charge in [-0.25, -0.2) is 4.39 Å². The number of hydrogen-bond acceptors (Lipinski definition) is 7. The van der Waals surface area contributed by atoms with Gasteiger partial charge in [-0.1, -0.05) is 17.7 Å². The SMILES string of the molecule is CCOc1ccc(Cl)c(/C(O)=C2\C(=O)C(=O)N(c3ccc(F)cc3)C2c2ccc(O)c([N+](=O)[O-])c2)c1. The van der Waals surface area contributed by atoms with Crippen molar-refractivity contribution in [2.45, 2.75) is 13.0 Å². The molecule has 11 heteroatoms. The van der Waals surface area contributed by atoms with Crippen molar-refractivity contribution in [3.05, 3.63) is 98.3 Å². The molecule has 3 aromatic carbocycles. The number of ether oxygens (including phenoxy) is 1. The molecular formula is C25H18ClFN2O7. The van der Waals surface area contributed by atoms with Gasteiger partial charge in [-0.05, 0) is 61.0 Å². The van der Waals surface area contributed by atoms with E-state index in [1.807, 2.05) is 0 Å². The van der Waals surface area contributed by atoms with Crippen molar-refractivity contribution in [1.29, 1.82) is 0 Å². The fourth-order valence-electron chi connectivity index (χ4n) is 3.96. The number of aliphatic hydroxyl groups is 1. The predicted octanol–water partition coefficient (Wildman–Crippen LogP) is 5.12. The summed E-state index contributed by atoms with van der Waals surface area (Å²) in [6.07, 6.45) is 0. The van der Waals surface area contributed by atoms with Crippen molar-refractivity contribution in [2.24, 2.45) is 0 Å². The maximum absolute atomic E-state index is 13.6. The van der Waals surface area contributed by atoms with Crippen molar-refractivity contribution >= 4 is 40.4 Å². The van der Waals surface area contributed by atoms with Crippen LogP contribution >= 0.6 is 11.6 Å². The molecule has 36 heavy (non-hydrogen) atoms. The third-order valence-corrected chi connectivity index (χ3v) is 5.89. The summed E-state index contributed by atoms with van der Waals surface area (Å²) in [7, 11) is 0. The molecule has 1 fully saturated rings. The van der Waals surface area contributed by atoms with Gasteiger partial charge in [0, 0.05) is 17.3 Å². The summed E-state index contributed by atoms with van der Waals surface area (Å²) in [5, 5.41) is 32.7. The second kappa shape index (κ2) is 9.67. The Morgan fingerprint density at radius 3 is 2.47 bits per heavy atom. The molecule has 0 aromatic heterocycles. The van der Waals surface area contributed by atoms with Crippen molar-refractivity contribution in [1.82, 2.24) is 0 Å². The van der Waals surface area contributed by atoms with Crippen LogP contribution in [0.2, 0.25) is 5.02 Å². The molecule has 184 valence electrons. The minimum Gasteiger partial charge on any atom is -0.507 e. The Morgan fingerprint density at radius 1 is 1.14 bits per heavy atom. The number of amides is 1. The van der Waals surface area contributed by atoms with E-state index in [0.717, 1.165) is 29.2 Å². The number of carbonyl (C=O) groups is 2. The number of benzene rings is 3. The molecule has 1 heterocycles. The van der Waals surface area contributed by atoms with Crippen LogP contribution in [0.1, 0.15) is 24.1 Å². The van der Waals surface area contributed by atoms with Crippen LogP contribution in [0.3, 0.4) is 0 Å². The van der Waals surface area contributed by atoms with Crippen LogP contribution in [0.25, 0.3) is 5.76 Å². The molecule has 0 spiro atoms. The highest BCUT2D eigenvalue weighted by molar-refractivity contribution is 6.52. The van der Waals surface area contributed by atoms with Crippen molar-refractivity contribution in [2.75, 3.05) is 11.5 Å². The van der Waals surface area contributed by atoms with Gasteiger partial charge in [-0.15, -0.1) is 0 Å². The minimum atomic E-state index is -1.36. The smallest absolute Gasteiger partial charge is 0.311 e. The number of phenolic OH excluding ortho intramolecular Hbond substituents is 1. The fourth-order valence-corrected chi connectivity index (χ4v) is 4.17. The minimum absolute atomic E-state index is 0.00185. The molecule has 1 aliphatic rings. The molecule has 4 rings (SSSR count). The lowest BCUT2D eigenvalue weighted by Crippen LogP contribution is -2.29. The average molecular weight is 513 g/mol. The summed E-state index contributed by atoms with van der Waals surface area (Å²) in [6, 6.07) is 11.0. The highest BCUT2D eigenvalue weighted by Gasteiger charge is 2.47. The average Bonchev–Trinajstić information content (AvgIpc) is 3.11. The van der Waals surface area contributed by atoms with Crippen LogP contribution in [0, 0.1) is 15.9 Å². The lowest BCUT2D eigenvalue weighted by Gasteiger charge is -2.25. The molecule has 1 atom stereocenters. The third kappa shape index (κ3) is 4.34. The van der Waals surface area contributed by atoms with Gasteiger partial charge in [0.1, 0.15) is 17.3 Å². The first kappa shape index (κ1) is 24.7. The Hall–Kier alpha value is -4.44. The highest BCUT2D eigenvalue weighted by Crippen LogP contribution is 2.44. The van der Waals surface area contributed by atoms with Crippen LogP contribution in [-0.4, -0.2) is 33.4 Å². The summed E-state index contributed by atoms with van der Waals surface area (Å²) in [5.41, 5.74) is -0.930. The highest BCUT2D eigenvalue weighted by atomic mass is 35.5. The standard InChI is InChI=1S/C25H18ClFN2O7/c1-2-36-16-8-9-18(26)17(12-16)23(31)21-22(13-3-10-20(30)19(11-13)29(34)35)28(25(33)24(21)32)15-6-4-14(27)5-7-15/h3-12,22,30-31H,2H2,1H3/b23-21+. The van der Waals surface area contributed by atoms with Gasteiger partial charge < -0.3 is 14.9 Å². The Morgan fingerprint density at radius 2 is 1.83 bits per heavy atom. The zero-order chi connectivity index (χ0) is 26.1. The van der Waals surface area contributed by atoms with E-state index in [2.05, 4.69) is 0 Å². The van der Waals surface area contributed by atoms with Gasteiger partial charge in [0.15, 0.2) is 5.75 Å². The lowest BCUT2D eigenvalue weighted by atomic mass is 9.94. The number of anilines is 1. The molecule has 1 unspecified atom stereocenters. The second-order valence-corrected chi connectivity index (χ2v) is 8.13. The van der Waals surface area contributed by atoms with E-state index < -0.39 is 51.2 Å². The number of hydrogen-bond donors (Lipinski definition) is 2. The number of ketones is 1. The Balaban J connectivity index is 1.99. The van der Waals surface area contributed by atoms with Crippen LogP contribution in [-0.2, 0) is 9.59 Å². The van der Waals surface area contributed by atoms with Gasteiger partial charge in [-0.3, -0.25) is 24.6 Å². The van der Waals surface area contributed by atoms with E-state index in [9.17, 15) is 34.3 Å². The first-order valence-electron chi connectivity index (χ1n) is 10.6. The number of halogens is 2. The number of aromatic hydroxyl groups is 1. The van der Waals surface area contributed by atoms with Gasteiger partial charge in [-0.2, -0.15) is 0 Å². The monoisotopic (exact) mass is 512 g/mol. The van der Waals surface area contributed by atoms with Crippen LogP contribution < -0.4 is 9.64 Å². The first-order chi connectivity index (χ1) is 17.1. The zero-order valence-corrected chi connectivity index (χ0v) is 19.4. The molecule has 3 aromatic rings. The van der Waals surface area contributed by atoms with Crippen molar-refractivity contribution in [3.8, 4) is 11.5 Å². The van der Waals surface area contributed by atoms with Gasteiger partial charge in [0.25, 0.3) is 11.7 Å². The topological polar surface area (TPSA) is 130 Å². The molecule has 0 saturated carbocycles. The van der Waals surface area contributed by atoms with Gasteiger partial charge >= 0.3 is 5.69 Å². The zero-order valence-electron chi connectivity index (χ0n) is 18.6. The second-order valence-electron chi connectivity index (χ2n) is 7.73. The predicted molar refractivity (Wildman–Crippen MR) is 129 cm³/mol. The van der Waals surface area contributed by atoms with Crippen LogP contribution in [0.4, 0.5) is 15.8 Å². The van der Waals surface area contributed by atoms with E-state index >= 15 is 0 Å². The number of phenols is 1. The summed E-state index contributed by atoms with van der Waals surface area (Å²) < 4.78 is 19.0. The number of aliphatic hydroxyl groups excluding tert-OH is 1. The maximum atomic E-state index is 13.6. The van der Waals surface area contributed by atoms with E-state index in [4.69, 9.17) is 16.3 Å². The fraction of sp³-hybridized carbons (Fsp3) is 0.120. The van der Waals surface area contributed by atoms with E-state index in [1.54, 1.807) is 13.0 Å². The number of carbonyl (C=O) groups excluding carboxylic acids is 2. The number of Topliss-reactive ketones (excluding diaryl/α,β-unsaturated/α-hetero) is 1. The molecular weight excluding hydrogens is 495 g/mol. The Labute approximate surface area is 208 Å². The van der Waals surface area contributed by atoms with Crippen molar-refractivity contribution in [3.63, 3.8) is 0 Å². The summed E-state index contributed by atoms with van der Waals surface area (Å²) >= 11 is 6.28. The third-order valence-electron chi connectivity index (χ3n) is 5.57. The Kier molecular flexibility index (Phi) is 6.63. The quantitative estimate of drug-likeness (QED) is 0.154. The molecule has 0 bridgehead atoms. The number of nitrogens with zero attached hydrogens (tertiary/aromatic N) is 2. The van der Waals surface area contributed by atoms with Gasteiger partial charge in [0.05, 0.1) is 28.2 Å². The first-order valence-corrected chi connectivity index (χ1v) is 11.0. The lowest BCUT2D eigenvalue weighted by molar-refractivity contribution is -0.385.